The number of amides is 1. The van der Waals surface area contributed by atoms with Gasteiger partial charge in [-0.05, 0) is 12.8 Å². The molecule has 1 aliphatic rings. The molecule has 5 heteroatoms. The average molecular weight is 285 g/mol. The second kappa shape index (κ2) is 4.82. The van der Waals surface area contributed by atoms with E-state index in [1.165, 1.54) is 18.5 Å². The van der Waals surface area contributed by atoms with E-state index in [1.54, 1.807) is 0 Å². The summed E-state index contributed by atoms with van der Waals surface area (Å²) in [7, 11) is 0. The van der Waals surface area contributed by atoms with Gasteiger partial charge < -0.3 is 10.3 Å². The minimum atomic E-state index is -0.293. The summed E-state index contributed by atoms with van der Waals surface area (Å²) in [6.07, 6.45) is 6.09. The zero-order chi connectivity index (χ0) is 11.5. The quantitative estimate of drug-likeness (QED) is 0.807. The molecule has 1 aromatic heterocycles. The van der Waals surface area contributed by atoms with E-state index in [1.807, 2.05) is 0 Å². The van der Waals surface area contributed by atoms with Crippen molar-refractivity contribution in [2.75, 3.05) is 0 Å². The molecule has 4 nitrogen and oxygen atoms in total. The summed E-state index contributed by atoms with van der Waals surface area (Å²) in [6.45, 7) is 0. The van der Waals surface area contributed by atoms with Crippen molar-refractivity contribution in [2.45, 2.75) is 30.1 Å². The molecular formula is C11H13BrN2O2. The van der Waals surface area contributed by atoms with E-state index in [0.717, 1.165) is 19.3 Å². The van der Waals surface area contributed by atoms with Crippen LogP contribution in [0.4, 0.5) is 0 Å². The molecule has 2 unspecified atom stereocenters. The molecule has 1 heterocycles. The smallest absolute Gasteiger partial charge is 0.256 e. The first-order chi connectivity index (χ1) is 7.68. The standard InChI is InChI=1S/C11H13BrN2O2/c12-8-2-1-3-9(8)14-11(16)7-6-13-5-4-10(7)15/h4-6,8-9H,1-3H2,(H,13,15)(H,14,16). The lowest BCUT2D eigenvalue weighted by atomic mass is 10.2. The first kappa shape index (κ1) is 11.4. The number of hydrogen-bond acceptors (Lipinski definition) is 2. The normalized spacial score (nSPS) is 24.3. The van der Waals surface area contributed by atoms with Crippen LogP contribution in [-0.2, 0) is 0 Å². The zero-order valence-electron chi connectivity index (χ0n) is 8.70. The molecule has 86 valence electrons. The topological polar surface area (TPSA) is 62.0 Å². The predicted octanol–water partition coefficient (Wildman–Crippen LogP) is 1.42. The Hall–Kier alpha value is -1.10. The van der Waals surface area contributed by atoms with Gasteiger partial charge >= 0.3 is 0 Å². The van der Waals surface area contributed by atoms with Crippen LogP contribution in [0.2, 0.25) is 0 Å². The molecule has 2 rings (SSSR count). The maximum Gasteiger partial charge on any atom is 0.256 e. The summed E-state index contributed by atoms with van der Waals surface area (Å²) >= 11 is 3.52. The lowest BCUT2D eigenvalue weighted by Crippen LogP contribution is -2.39. The van der Waals surface area contributed by atoms with E-state index < -0.39 is 0 Å². The lowest BCUT2D eigenvalue weighted by Gasteiger charge is -2.15. The van der Waals surface area contributed by atoms with E-state index in [4.69, 9.17) is 0 Å². The summed E-state index contributed by atoms with van der Waals surface area (Å²) in [6, 6.07) is 1.49. The van der Waals surface area contributed by atoms with E-state index in [2.05, 4.69) is 26.2 Å². The Morgan fingerprint density at radius 2 is 2.31 bits per heavy atom. The van der Waals surface area contributed by atoms with Crippen LogP contribution in [0.3, 0.4) is 0 Å². The number of aromatic nitrogens is 1. The second-order valence-electron chi connectivity index (χ2n) is 3.95. The maximum absolute atomic E-state index is 11.8. The largest absolute Gasteiger partial charge is 0.367 e. The zero-order valence-corrected chi connectivity index (χ0v) is 10.3. The number of H-pyrrole nitrogens is 1. The third kappa shape index (κ3) is 2.35. The molecule has 1 aliphatic carbocycles. The summed E-state index contributed by atoms with van der Waals surface area (Å²) in [4.78, 5) is 26.3. The van der Waals surface area contributed by atoms with Crippen LogP contribution in [0.1, 0.15) is 29.6 Å². The number of pyridine rings is 1. The van der Waals surface area contributed by atoms with Crippen LogP contribution < -0.4 is 10.7 Å². The van der Waals surface area contributed by atoms with Crippen LogP contribution in [-0.4, -0.2) is 21.8 Å². The number of nitrogens with one attached hydrogen (secondary N) is 2. The van der Waals surface area contributed by atoms with Crippen molar-refractivity contribution in [3.63, 3.8) is 0 Å². The van der Waals surface area contributed by atoms with Crippen LogP contribution >= 0.6 is 15.9 Å². The number of carbonyl (C=O) groups excluding carboxylic acids is 1. The number of rotatable bonds is 2. The van der Waals surface area contributed by atoms with Crippen molar-refractivity contribution >= 4 is 21.8 Å². The van der Waals surface area contributed by atoms with Gasteiger partial charge in [0.05, 0.1) is 0 Å². The molecule has 0 radical (unpaired) electrons. The molecule has 2 N–H and O–H groups in total. The number of aromatic amines is 1. The molecule has 0 aliphatic heterocycles. The average Bonchev–Trinajstić information content (AvgIpc) is 2.65. The summed E-state index contributed by atoms with van der Waals surface area (Å²) in [5, 5.41) is 2.88. The molecule has 2 atom stereocenters. The highest BCUT2D eigenvalue weighted by Crippen LogP contribution is 2.25. The van der Waals surface area contributed by atoms with Gasteiger partial charge in [0.25, 0.3) is 5.91 Å². The molecule has 0 bridgehead atoms. The Kier molecular flexibility index (Phi) is 3.43. The molecule has 0 spiro atoms. The predicted molar refractivity (Wildman–Crippen MR) is 64.9 cm³/mol. The summed E-state index contributed by atoms with van der Waals surface area (Å²) < 4.78 is 0. The monoisotopic (exact) mass is 284 g/mol. The van der Waals surface area contributed by atoms with Crippen molar-refractivity contribution in [2.24, 2.45) is 0 Å². The molecule has 1 fully saturated rings. The highest BCUT2D eigenvalue weighted by Gasteiger charge is 2.26. The molecule has 1 aromatic rings. The molecule has 1 amide bonds. The number of halogens is 1. The Morgan fingerprint density at radius 1 is 1.50 bits per heavy atom. The van der Waals surface area contributed by atoms with Gasteiger partial charge in [-0.3, -0.25) is 9.59 Å². The van der Waals surface area contributed by atoms with Gasteiger partial charge in [-0.2, -0.15) is 0 Å². The molecule has 0 saturated heterocycles. The van der Waals surface area contributed by atoms with Crippen molar-refractivity contribution in [3.05, 3.63) is 34.2 Å². The second-order valence-corrected chi connectivity index (χ2v) is 5.13. The minimum Gasteiger partial charge on any atom is -0.367 e. The van der Waals surface area contributed by atoms with E-state index in [9.17, 15) is 9.59 Å². The minimum absolute atomic E-state index is 0.132. The van der Waals surface area contributed by atoms with E-state index in [-0.39, 0.29) is 22.9 Å². The molecule has 16 heavy (non-hydrogen) atoms. The van der Waals surface area contributed by atoms with Crippen molar-refractivity contribution in [3.8, 4) is 0 Å². The number of hydrogen-bond donors (Lipinski definition) is 2. The van der Waals surface area contributed by atoms with Crippen molar-refractivity contribution in [1.82, 2.24) is 10.3 Å². The Morgan fingerprint density at radius 3 is 2.94 bits per heavy atom. The van der Waals surface area contributed by atoms with Gasteiger partial charge in [0, 0.05) is 29.3 Å². The number of carbonyl (C=O) groups is 1. The van der Waals surface area contributed by atoms with Gasteiger partial charge in [0.1, 0.15) is 5.56 Å². The van der Waals surface area contributed by atoms with Crippen molar-refractivity contribution < 1.29 is 4.79 Å². The fourth-order valence-corrected chi connectivity index (χ4v) is 2.64. The van der Waals surface area contributed by atoms with Crippen LogP contribution in [0.15, 0.2) is 23.3 Å². The molecule has 1 saturated carbocycles. The fraction of sp³-hybridized carbons (Fsp3) is 0.455. The van der Waals surface area contributed by atoms with Crippen molar-refractivity contribution in [1.29, 1.82) is 0 Å². The van der Waals surface area contributed by atoms with Gasteiger partial charge in [-0.1, -0.05) is 22.4 Å². The first-order valence-corrected chi connectivity index (χ1v) is 6.22. The van der Waals surface area contributed by atoms with Gasteiger partial charge in [-0.25, -0.2) is 0 Å². The first-order valence-electron chi connectivity index (χ1n) is 5.30. The third-order valence-electron chi connectivity index (χ3n) is 2.82. The third-order valence-corrected chi connectivity index (χ3v) is 3.91. The Balaban J connectivity index is 2.09. The maximum atomic E-state index is 11.8. The summed E-state index contributed by atoms with van der Waals surface area (Å²) in [5.41, 5.74) is -0.0746. The molecule has 0 aromatic carbocycles. The highest BCUT2D eigenvalue weighted by molar-refractivity contribution is 9.09. The van der Waals surface area contributed by atoms with Crippen LogP contribution in [0.25, 0.3) is 0 Å². The van der Waals surface area contributed by atoms with Gasteiger partial charge in [0.2, 0.25) is 0 Å². The van der Waals surface area contributed by atoms with E-state index in [0.29, 0.717) is 4.83 Å². The number of alkyl halides is 1. The van der Waals surface area contributed by atoms with Crippen LogP contribution in [0.5, 0.6) is 0 Å². The Bertz CT molecular complexity index is 444. The summed E-state index contributed by atoms with van der Waals surface area (Å²) in [5.74, 6) is -0.293. The van der Waals surface area contributed by atoms with E-state index >= 15 is 0 Å². The van der Waals surface area contributed by atoms with Crippen LogP contribution in [0, 0.1) is 0 Å². The van der Waals surface area contributed by atoms with Gasteiger partial charge in [-0.15, -0.1) is 0 Å². The SMILES string of the molecule is O=C(NC1CCCC1Br)c1c[nH]ccc1=O. The lowest BCUT2D eigenvalue weighted by molar-refractivity contribution is 0.0937. The fourth-order valence-electron chi connectivity index (χ4n) is 1.92. The Labute approximate surface area is 102 Å². The molecular weight excluding hydrogens is 272 g/mol. The highest BCUT2D eigenvalue weighted by atomic mass is 79.9. The van der Waals surface area contributed by atoms with Gasteiger partial charge in [0.15, 0.2) is 5.43 Å².